The molecule has 1 aromatic heterocycles. The first-order chi connectivity index (χ1) is 9.10. The molecule has 0 saturated carbocycles. The molecule has 0 radical (unpaired) electrons. The van der Waals surface area contributed by atoms with Crippen molar-refractivity contribution in [1.29, 1.82) is 0 Å². The normalized spacial score (nSPS) is 10.1. The van der Waals surface area contributed by atoms with E-state index in [9.17, 15) is 9.18 Å². The number of benzene rings is 1. The second-order valence-electron chi connectivity index (χ2n) is 3.53. The molecule has 7 heteroatoms. The number of halogens is 2. The summed E-state index contributed by atoms with van der Waals surface area (Å²) < 4.78 is 17.4. The third-order valence-electron chi connectivity index (χ3n) is 2.25. The molecule has 0 aliphatic heterocycles. The highest BCUT2D eigenvalue weighted by Gasteiger charge is 2.13. The second-order valence-corrected chi connectivity index (χ2v) is 3.97. The van der Waals surface area contributed by atoms with E-state index in [4.69, 9.17) is 11.6 Å². The van der Waals surface area contributed by atoms with Crippen LogP contribution in [0, 0.1) is 5.82 Å². The van der Waals surface area contributed by atoms with E-state index in [1.807, 2.05) is 0 Å². The minimum absolute atomic E-state index is 0.147. The summed E-state index contributed by atoms with van der Waals surface area (Å²) in [6, 6.07) is 4.60. The van der Waals surface area contributed by atoms with Gasteiger partial charge in [-0.2, -0.15) is 0 Å². The van der Waals surface area contributed by atoms with Gasteiger partial charge in [0.05, 0.1) is 30.8 Å². The van der Waals surface area contributed by atoms with Gasteiger partial charge in [0, 0.05) is 5.02 Å². The number of hydrogen-bond acceptors (Lipinski definition) is 5. The van der Waals surface area contributed by atoms with Crippen molar-refractivity contribution in [3.8, 4) is 0 Å². The fourth-order valence-electron chi connectivity index (χ4n) is 1.41. The van der Waals surface area contributed by atoms with Crippen molar-refractivity contribution in [2.24, 2.45) is 0 Å². The Bertz CT molecular complexity index is 604. The standard InChI is InChI=1S/C12H9ClFN3O2/c1-19-11(18)9-3-2-7(13)4-10(9)17-12-15-5-8(14)6-16-12/h2-6H,1H3,(H,15,16,17). The summed E-state index contributed by atoms with van der Waals surface area (Å²) in [7, 11) is 1.27. The summed E-state index contributed by atoms with van der Waals surface area (Å²) in [5.41, 5.74) is 0.658. The van der Waals surface area contributed by atoms with Crippen LogP contribution in [0.15, 0.2) is 30.6 Å². The number of carbonyl (C=O) groups excluding carboxylic acids is 1. The molecular weight excluding hydrogens is 273 g/mol. The van der Waals surface area contributed by atoms with Crippen molar-refractivity contribution in [2.75, 3.05) is 12.4 Å². The molecule has 1 N–H and O–H groups in total. The molecule has 0 aliphatic carbocycles. The van der Waals surface area contributed by atoms with Crippen LogP contribution in [0.25, 0.3) is 0 Å². The smallest absolute Gasteiger partial charge is 0.339 e. The lowest BCUT2D eigenvalue weighted by Gasteiger charge is -2.09. The van der Waals surface area contributed by atoms with Crippen molar-refractivity contribution in [1.82, 2.24) is 9.97 Å². The van der Waals surface area contributed by atoms with Crippen LogP contribution in [0.5, 0.6) is 0 Å². The van der Waals surface area contributed by atoms with Crippen molar-refractivity contribution < 1.29 is 13.9 Å². The zero-order valence-electron chi connectivity index (χ0n) is 9.85. The number of nitrogens with zero attached hydrogens (tertiary/aromatic N) is 2. The topological polar surface area (TPSA) is 64.1 Å². The molecule has 0 aliphatic rings. The summed E-state index contributed by atoms with van der Waals surface area (Å²) >= 11 is 5.86. The number of anilines is 2. The van der Waals surface area contributed by atoms with E-state index < -0.39 is 11.8 Å². The molecule has 2 rings (SSSR count). The Kier molecular flexibility index (Phi) is 3.91. The molecule has 1 heterocycles. The molecule has 19 heavy (non-hydrogen) atoms. The zero-order chi connectivity index (χ0) is 13.8. The van der Waals surface area contributed by atoms with Crippen molar-refractivity contribution in [3.63, 3.8) is 0 Å². The average molecular weight is 282 g/mol. The molecule has 1 aromatic carbocycles. The highest BCUT2D eigenvalue weighted by Crippen LogP contribution is 2.24. The van der Waals surface area contributed by atoms with Crippen LogP contribution >= 0.6 is 11.6 Å². The van der Waals surface area contributed by atoms with Gasteiger partial charge in [0.25, 0.3) is 0 Å². The molecule has 0 fully saturated rings. The fraction of sp³-hybridized carbons (Fsp3) is 0.0833. The Morgan fingerprint density at radius 1 is 1.37 bits per heavy atom. The van der Waals surface area contributed by atoms with E-state index in [0.717, 1.165) is 12.4 Å². The summed E-state index contributed by atoms with van der Waals surface area (Å²) in [6.45, 7) is 0. The van der Waals surface area contributed by atoms with E-state index in [2.05, 4.69) is 20.0 Å². The molecule has 0 spiro atoms. The van der Waals surface area contributed by atoms with Gasteiger partial charge in [-0.25, -0.2) is 19.2 Å². The lowest BCUT2D eigenvalue weighted by molar-refractivity contribution is 0.0602. The summed E-state index contributed by atoms with van der Waals surface area (Å²) in [5.74, 6) is -0.931. The summed E-state index contributed by atoms with van der Waals surface area (Å²) in [4.78, 5) is 19.1. The van der Waals surface area contributed by atoms with Crippen LogP contribution in [-0.2, 0) is 4.74 Å². The first-order valence-electron chi connectivity index (χ1n) is 5.22. The molecule has 0 saturated heterocycles. The summed E-state index contributed by atoms with van der Waals surface area (Å²) in [5, 5.41) is 3.21. The molecule has 0 amide bonds. The zero-order valence-corrected chi connectivity index (χ0v) is 10.6. The predicted molar refractivity (Wildman–Crippen MR) is 68.1 cm³/mol. The molecule has 0 unspecified atom stereocenters. The minimum Gasteiger partial charge on any atom is -0.465 e. The molecule has 0 atom stereocenters. The van der Waals surface area contributed by atoms with Gasteiger partial charge in [0.2, 0.25) is 5.95 Å². The largest absolute Gasteiger partial charge is 0.465 e. The maximum Gasteiger partial charge on any atom is 0.339 e. The predicted octanol–water partition coefficient (Wildman–Crippen LogP) is 2.80. The van der Waals surface area contributed by atoms with Gasteiger partial charge in [0.1, 0.15) is 0 Å². The number of rotatable bonds is 3. The Morgan fingerprint density at radius 2 is 2.05 bits per heavy atom. The lowest BCUT2D eigenvalue weighted by atomic mass is 10.2. The van der Waals surface area contributed by atoms with Crippen molar-refractivity contribution in [2.45, 2.75) is 0 Å². The SMILES string of the molecule is COC(=O)c1ccc(Cl)cc1Nc1ncc(F)cn1. The Balaban J connectivity index is 2.35. The van der Waals surface area contributed by atoms with Crippen LogP contribution in [0.1, 0.15) is 10.4 Å². The van der Waals surface area contributed by atoms with E-state index in [1.54, 1.807) is 6.07 Å². The van der Waals surface area contributed by atoms with Crippen LogP contribution in [0.4, 0.5) is 16.0 Å². The molecule has 2 aromatic rings. The number of esters is 1. The number of carbonyl (C=O) groups is 1. The van der Waals surface area contributed by atoms with Gasteiger partial charge in [-0.1, -0.05) is 11.6 Å². The Hall–Kier alpha value is -2.21. The number of methoxy groups -OCH3 is 1. The monoisotopic (exact) mass is 281 g/mol. The van der Waals surface area contributed by atoms with E-state index in [1.165, 1.54) is 19.2 Å². The van der Waals surface area contributed by atoms with E-state index >= 15 is 0 Å². The number of ether oxygens (including phenoxy) is 1. The van der Waals surface area contributed by atoms with Crippen LogP contribution in [-0.4, -0.2) is 23.0 Å². The van der Waals surface area contributed by atoms with Gasteiger partial charge in [-0.15, -0.1) is 0 Å². The minimum atomic E-state index is -0.551. The maximum atomic E-state index is 12.7. The number of aromatic nitrogens is 2. The highest BCUT2D eigenvalue weighted by atomic mass is 35.5. The third-order valence-corrected chi connectivity index (χ3v) is 2.49. The van der Waals surface area contributed by atoms with Crippen molar-refractivity contribution >= 4 is 29.2 Å². The van der Waals surface area contributed by atoms with Gasteiger partial charge >= 0.3 is 5.97 Å². The van der Waals surface area contributed by atoms with Crippen molar-refractivity contribution in [3.05, 3.63) is 47.0 Å². The highest BCUT2D eigenvalue weighted by molar-refractivity contribution is 6.31. The van der Waals surface area contributed by atoms with E-state index in [-0.39, 0.29) is 11.5 Å². The van der Waals surface area contributed by atoms with Gasteiger partial charge in [0.15, 0.2) is 5.82 Å². The van der Waals surface area contributed by atoms with Crippen LogP contribution in [0.2, 0.25) is 5.02 Å². The van der Waals surface area contributed by atoms with Gasteiger partial charge in [-0.05, 0) is 18.2 Å². The van der Waals surface area contributed by atoms with Crippen LogP contribution in [0.3, 0.4) is 0 Å². The Labute approximate surface area is 113 Å². The first-order valence-corrected chi connectivity index (χ1v) is 5.60. The quantitative estimate of drug-likeness (QED) is 0.877. The first kappa shape index (κ1) is 13.2. The molecule has 0 bridgehead atoms. The number of nitrogens with one attached hydrogen (secondary N) is 1. The lowest BCUT2D eigenvalue weighted by Crippen LogP contribution is -2.07. The average Bonchev–Trinajstić information content (AvgIpc) is 2.41. The second kappa shape index (κ2) is 5.62. The molecular formula is C12H9ClFN3O2. The summed E-state index contributed by atoms with van der Waals surface area (Å²) in [6.07, 6.45) is 2.02. The van der Waals surface area contributed by atoms with E-state index in [0.29, 0.717) is 10.7 Å². The molecule has 98 valence electrons. The Morgan fingerprint density at radius 3 is 2.68 bits per heavy atom. The van der Waals surface area contributed by atoms with Gasteiger partial charge < -0.3 is 10.1 Å². The van der Waals surface area contributed by atoms with Crippen LogP contribution < -0.4 is 5.32 Å². The third kappa shape index (κ3) is 3.17. The van der Waals surface area contributed by atoms with Gasteiger partial charge in [-0.3, -0.25) is 0 Å². The fourth-order valence-corrected chi connectivity index (χ4v) is 1.58. The molecule has 5 nitrogen and oxygen atoms in total. The number of hydrogen-bond donors (Lipinski definition) is 1. The maximum absolute atomic E-state index is 12.7.